The fraction of sp³-hybridized carbons (Fsp3) is 0.480. The number of rotatable bonds is 5. The van der Waals surface area contributed by atoms with Crippen molar-refractivity contribution < 1.29 is 23.9 Å². The highest BCUT2D eigenvalue weighted by Gasteiger charge is 2.52. The highest BCUT2D eigenvalue weighted by Crippen LogP contribution is 2.46. The van der Waals surface area contributed by atoms with Gasteiger partial charge in [-0.2, -0.15) is 0 Å². The predicted octanol–water partition coefficient (Wildman–Crippen LogP) is 0.306. The van der Waals surface area contributed by atoms with Gasteiger partial charge in [-0.05, 0) is 57.5 Å². The minimum atomic E-state index is -1.18. The minimum Gasteiger partial charge on any atom is -0.501 e. The molecule has 11 nitrogen and oxygen atoms in total. The number of hydrogen-bond donors (Lipinski definition) is 3. The van der Waals surface area contributed by atoms with Crippen molar-refractivity contribution >= 4 is 17.7 Å². The van der Waals surface area contributed by atoms with E-state index in [4.69, 9.17) is 0 Å². The third-order valence-corrected chi connectivity index (χ3v) is 7.54. The van der Waals surface area contributed by atoms with E-state index in [1.54, 1.807) is 0 Å². The zero-order valence-corrected chi connectivity index (χ0v) is 21.3. The number of halogens is 1. The lowest BCUT2D eigenvalue weighted by atomic mass is 9.72. The summed E-state index contributed by atoms with van der Waals surface area (Å²) in [5.74, 6) is -3.49. The number of aromatic hydroxyl groups is 1. The summed E-state index contributed by atoms with van der Waals surface area (Å²) in [5.41, 5.74) is -2.29. The standard InChI is InChI=1S/C25H31FN6O5/c1-30(2)22(37)20(35)29-25-11-9-24(10-12-25,31(3)4)14-32-21(36)18(33)17(28-23(25)32)19(34)27-13-15-5-7-16(26)8-6-15/h5-8,33H,9-14H2,1-4H3,(H,27,34)(H,29,35). The van der Waals surface area contributed by atoms with Crippen molar-refractivity contribution in [2.45, 2.75) is 49.9 Å². The molecule has 12 heteroatoms. The molecule has 3 aliphatic rings. The third kappa shape index (κ3) is 4.68. The summed E-state index contributed by atoms with van der Waals surface area (Å²) in [5, 5.41) is 16.1. The number of likely N-dealkylation sites (N-methyl/N-ethyl adjacent to an activating group) is 2. The normalized spacial score (nSPS) is 22.2. The van der Waals surface area contributed by atoms with Crippen LogP contribution in [0.15, 0.2) is 29.1 Å². The molecule has 198 valence electrons. The fourth-order valence-electron chi connectivity index (χ4n) is 5.14. The van der Waals surface area contributed by atoms with E-state index in [9.17, 15) is 28.7 Å². The fourth-order valence-corrected chi connectivity index (χ4v) is 5.14. The number of carbonyl (C=O) groups excluding carboxylic acids is 3. The van der Waals surface area contributed by atoms with Gasteiger partial charge >= 0.3 is 11.8 Å². The number of hydrogen-bond acceptors (Lipinski definition) is 7. The summed E-state index contributed by atoms with van der Waals surface area (Å²) < 4.78 is 14.5. The molecular formula is C25H31FN6O5. The van der Waals surface area contributed by atoms with Crippen molar-refractivity contribution in [2.24, 2.45) is 0 Å². The second kappa shape index (κ2) is 9.58. The van der Waals surface area contributed by atoms with Crippen molar-refractivity contribution in [1.82, 2.24) is 30.0 Å². The van der Waals surface area contributed by atoms with Crippen LogP contribution in [0.2, 0.25) is 0 Å². The number of fused-ring (bicyclic) bond motifs is 2. The first-order chi connectivity index (χ1) is 17.4. The summed E-state index contributed by atoms with van der Waals surface area (Å²) >= 11 is 0. The second-order valence-electron chi connectivity index (χ2n) is 10.2. The first kappa shape index (κ1) is 26.3. The van der Waals surface area contributed by atoms with Crippen molar-refractivity contribution in [2.75, 3.05) is 28.2 Å². The van der Waals surface area contributed by atoms with E-state index in [2.05, 4.69) is 15.6 Å². The minimum absolute atomic E-state index is 0.0155. The molecule has 1 aromatic carbocycles. The van der Waals surface area contributed by atoms with E-state index in [1.807, 2.05) is 19.0 Å². The van der Waals surface area contributed by atoms with Crippen LogP contribution in [0.25, 0.3) is 0 Å². The molecule has 3 amide bonds. The first-order valence-corrected chi connectivity index (χ1v) is 12.0. The van der Waals surface area contributed by atoms with E-state index in [0.29, 0.717) is 31.2 Å². The van der Waals surface area contributed by atoms with Gasteiger partial charge in [-0.3, -0.25) is 23.7 Å². The SMILES string of the molecule is CN(C)C(=O)C(=O)NC12CCC(N(C)C)(CC1)Cn1c2nc(C(=O)NCc2ccc(F)cc2)c(O)c1=O. The maximum Gasteiger partial charge on any atom is 0.311 e. The lowest BCUT2D eigenvalue weighted by Crippen LogP contribution is -2.56. The molecule has 2 bridgehead atoms. The van der Waals surface area contributed by atoms with E-state index in [-0.39, 0.29) is 18.9 Å². The van der Waals surface area contributed by atoms with Gasteiger partial charge in [0.25, 0.3) is 11.5 Å². The summed E-state index contributed by atoms with van der Waals surface area (Å²) in [6, 6.07) is 5.51. The van der Waals surface area contributed by atoms with Crippen LogP contribution in [0.4, 0.5) is 4.39 Å². The second-order valence-corrected chi connectivity index (χ2v) is 10.2. The molecule has 0 unspecified atom stereocenters. The Morgan fingerprint density at radius 2 is 1.70 bits per heavy atom. The number of nitrogens with zero attached hydrogens (tertiary/aromatic N) is 4. The van der Waals surface area contributed by atoms with Crippen LogP contribution in [0, 0.1) is 5.82 Å². The van der Waals surface area contributed by atoms with Gasteiger partial charge in [0.05, 0.1) is 5.54 Å². The lowest BCUT2D eigenvalue weighted by Gasteiger charge is -2.45. The Balaban J connectivity index is 1.76. The zero-order chi connectivity index (χ0) is 27.1. The molecule has 3 N–H and O–H groups in total. The van der Waals surface area contributed by atoms with E-state index in [0.717, 1.165) is 4.90 Å². The Bertz CT molecular complexity index is 1300. The Morgan fingerprint density at radius 1 is 1.08 bits per heavy atom. The zero-order valence-electron chi connectivity index (χ0n) is 21.3. The van der Waals surface area contributed by atoms with Gasteiger partial charge in [0.15, 0.2) is 5.69 Å². The molecule has 1 saturated carbocycles. The molecule has 0 spiro atoms. The molecule has 1 aromatic heterocycles. The Labute approximate surface area is 213 Å². The Hall–Kier alpha value is -3.80. The summed E-state index contributed by atoms with van der Waals surface area (Å²) in [6.45, 7) is 0.215. The van der Waals surface area contributed by atoms with Gasteiger partial charge in [-0.15, -0.1) is 0 Å². The van der Waals surface area contributed by atoms with Gasteiger partial charge in [-0.1, -0.05) is 12.1 Å². The van der Waals surface area contributed by atoms with Crippen molar-refractivity contribution in [3.05, 3.63) is 57.5 Å². The highest BCUT2D eigenvalue weighted by molar-refractivity contribution is 6.35. The number of nitrogens with one attached hydrogen (secondary N) is 2. The molecule has 0 atom stereocenters. The maximum atomic E-state index is 13.4. The number of aromatic nitrogens is 2. The Kier molecular flexibility index (Phi) is 6.80. The molecule has 2 aliphatic heterocycles. The van der Waals surface area contributed by atoms with Crippen LogP contribution in [-0.4, -0.2) is 75.9 Å². The van der Waals surface area contributed by atoms with Gasteiger partial charge < -0.3 is 25.5 Å². The molecule has 0 saturated heterocycles. The molecule has 1 fully saturated rings. The number of carbonyl (C=O) groups is 3. The number of amides is 3. The quantitative estimate of drug-likeness (QED) is 0.489. The summed E-state index contributed by atoms with van der Waals surface area (Å²) in [7, 11) is 6.73. The smallest absolute Gasteiger partial charge is 0.311 e. The van der Waals surface area contributed by atoms with Gasteiger partial charge in [0.2, 0.25) is 5.75 Å². The van der Waals surface area contributed by atoms with Crippen LogP contribution >= 0.6 is 0 Å². The van der Waals surface area contributed by atoms with E-state index < -0.39 is 51.6 Å². The first-order valence-electron chi connectivity index (χ1n) is 12.0. The molecular weight excluding hydrogens is 483 g/mol. The highest BCUT2D eigenvalue weighted by atomic mass is 19.1. The molecule has 2 aromatic rings. The third-order valence-electron chi connectivity index (χ3n) is 7.54. The van der Waals surface area contributed by atoms with Crippen LogP contribution < -0.4 is 16.2 Å². The van der Waals surface area contributed by atoms with Gasteiger partial charge in [0.1, 0.15) is 11.6 Å². The average Bonchev–Trinajstić information content (AvgIpc) is 3.09. The van der Waals surface area contributed by atoms with Crippen molar-refractivity contribution in [3.8, 4) is 5.75 Å². The molecule has 37 heavy (non-hydrogen) atoms. The molecule has 0 radical (unpaired) electrons. The van der Waals surface area contributed by atoms with Crippen LogP contribution in [0.3, 0.4) is 0 Å². The molecule has 1 aliphatic carbocycles. The average molecular weight is 515 g/mol. The van der Waals surface area contributed by atoms with Crippen LogP contribution in [0.1, 0.15) is 47.6 Å². The van der Waals surface area contributed by atoms with Crippen molar-refractivity contribution in [3.63, 3.8) is 0 Å². The maximum absolute atomic E-state index is 13.4. The van der Waals surface area contributed by atoms with E-state index in [1.165, 1.54) is 42.9 Å². The largest absolute Gasteiger partial charge is 0.501 e. The van der Waals surface area contributed by atoms with Gasteiger partial charge in [-0.25, -0.2) is 9.37 Å². The van der Waals surface area contributed by atoms with Crippen LogP contribution in [-0.2, 0) is 28.2 Å². The number of benzene rings is 1. The summed E-state index contributed by atoms with van der Waals surface area (Å²) in [4.78, 5) is 59.3. The van der Waals surface area contributed by atoms with E-state index >= 15 is 0 Å². The monoisotopic (exact) mass is 514 g/mol. The predicted molar refractivity (Wildman–Crippen MR) is 131 cm³/mol. The molecule has 3 heterocycles. The summed E-state index contributed by atoms with van der Waals surface area (Å²) in [6.07, 6.45) is 1.94. The molecule has 5 rings (SSSR count). The Morgan fingerprint density at radius 3 is 2.27 bits per heavy atom. The van der Waals surface area contributed by atoms with Crippen LogP contribution in [0.5, 0.6) is 5.75 Å². The lowest BCUT2D eigenvalue weighted by molar-refractivity contribution is -0.145. The topological polar surface area (TPSA) is 137 Å². The van der Waals surface area contributed by atoms with Crippen molar-refractivity contribution in [1.29, 1.82) is 0 Å². The van der Waals surface area contributed by atoms with Gasteiger partial charge in [0, 0.05) is 32.7 Å².